The van der Waals surface area contributed by atoms with Gasteiger partial charge in [0.25, 0.3) is 5.91 Å². The largest absolute Gasteiger partial charge is 0.343 e. The molecule has 1 aliphatic heterocycles. The van der Waals surface area contributed by atoms with Gasteiger partial charge in [0.15, 0.2) is 0 Å². The van der Waals surface area contributed by atoms with E-state index in [0.717, 1.165) is 10.4 Å². The molecule has 4 rings (SSSR count). The molecule has 1 fully saturated rings. The van der Waals surface area contributed by atoms with Gasteiger partial charge in [0.05, 0.1) is 12.6 Å². The summed E-state index contributed by atoms with van der Waals surface area (Å²) >= 11 is 7.44. The van der Waals surface area contributed by atoms with Crippen LogP contribution in [0.5, 0.6) is 0 Å². The van der Waals surface area contributed by atoms with Gasteiger partial charge in [-0.1, -0.05) is 29.8 Å². The SMILES string of the molecule is O=C(CN1CCN(C(=O)c2ccc(Cl)cc2)CC1)NC(c1ccc(F)cc1)c1cccs1. The second-order valence-electron chi connectivity index (χ2n) is 7.64. The van der Waals surface area contributed by atoms with Gasteiger partial charge in [0.2, 0.25) is 5.91 Å². The van der Waals surface area contributed by atoms with E-state index < -0.39 is 0 Å². The van der Waals surface area contributed by atoms with Crippen LogP contribution >= 0.6 is 22.9 Å². The summed E-state index contributed by atoms with van der Waals surface area (Å²) in [6.07, 6.45) is 0. The van der Waals surface area contributed by atoms with Crippen LogP contribution in [0.1, 0.15) is 26.8 Å². The second-order valence-corrected chi connectivity index (χ2v) is 9.06. The van der Waals surface area contributed by atoms with Gasteiger partial charge < -0.3 is 10.2 Å². The van der Waals surface area contributed by atoms with Crippen molar-refractivity contribution in [1.29, 1.82) is 0 Å². The first-order valence-corrected chi connectivity index (χ1v) is 11.6. The molecule has 1 aromatic heterocycles. The number of hydrogen-bond donors (Lipinski definition) is 1. The summed E-state index contributed by atoms with van der Waals surface area (Å²) in [6, 6.07) is 16.6. The number of rotatable bonds is 6. The summed E-state index contributed by atoms with van der Waals surface area (Å²) in [4.78, 5) is 30.3. The van der Waals surface area contributed by atoms with E-state index in [1.165, 1.54) is 12.1 Å². The third kappa shape index (κ3) is 5.54. The first kappa shape index (κ1) is 22.5. The average Bonchev–Trinajstić information content (AvgIpc) is 3.33. The molecule has 2 aromatic carbocycles. The van der Waals surface area contributed by atoms with Crippen LogP contribution in [0.2, 0.25) is 5.02 Å². The van der Waals surface area contributed by atoms with Gasteiger partial charge in [-0.25, -0.2) is 4.39 Å². The van der Waals surface area contributed by atoms with Crippen molar-refractivity contribution in [2.24, 2.45) is 0 Å². The number of carbonyl (C=O) groups excluding carboxylic acids is 2. The van der Waals surface area contributed by atoms with E-state index in [9.17, 15) is 14.0 Å². The highest BCUT2D eigenvalue weighted by atomic mass is 35.5. The molecular formula is C24H23ClFN3O2S. The topological polar surface area (TPSA) is 52.7 Å². The monoisotopic (exact) mass is 471 g/mol. The molecule has 1 unspecified atom stereocenters. The Morgan fingerprint density at radius 3 is 2.31 bits per heavy atom. The molecule has 0 bridgehead atoms. The predicted molar refractivity (Wildman–Crippen MR) is 125 cm³/mol. The molecule has 1 aliphatic rings. The van der Waals surface area contributed by atoms with Crippen LogP contribution in [-0.4, -0.2) is 54.3 Å². The summed E-state index contributed by atoms with van der Waals surface area (Å²) < 4.78 is 13.4. The molecule has 1 N–H and O–H groups in total. The van der Waals surface area contributed by atoms with E-state index in [1.807, 2.05) is 22.4 Å². The lowest BCUT2D eigenvalue weighted by atomic mass is 10.1. The van der Waals surface area contributed by atoms with E-state index in [2.05, 4.69) is 5.32 Å². The van der Waals surface area contributed by atoms with Crippen LogP contribution in [0.25, 0.3) is 0 Å². The van der Waals surface area contributed by atoms with Crippen LogP contribution in [0, 0.1) is 5.82 Å². The highest BCUT2D eigenvalue weighted by Crippen LogP contribution is 2.26. The highest BCUT2D eigenvalue weighted by Gasteiger charge is 2.25. The smallest absolute Gasteiger partial charge is 0.253 e. The molecule has 2 heterocycles. The molecule has 5 nitrogen and oxygen atoms in total. The minimum absolute atomic E-state index is 0.0279. The number of halogens is 2. The number of benzene rings is 2. The predicted octanol–water partition coefficient (Wildman–Crippen LogP) is 4.20. The molecule has 0 spiro atoms. The maximum absolute atomic E-state index is 13.4. The van der Waals surface area contributed by atoms with Gasteiger partial charge in [-0.2, -0.15) is 0 Å². The van der Waals surface area contributed by atoms with Crippen molar-refractivity contribution in [3.05, 3.63) is 92.9 Å². The number of carbonyl (C=O) groups is 2. The van der Waals surface area contributed by atoms with Crippen LogP contribution in [0.4, 0.5) is 4.39 Å². The van der Waals surface area contributed by atoms with Crippen molar-refractivity contribution < 1.29 is 14.0 Å². The summed E-state index contributed by atoms with van der Waals surface area (Å²) in [5.41, 5.74) is 1.44. The first-order valence-electron chi connectivity index (χ1n) is 10.3. The first-order chi connectivity index (χ1) is 15.5. The maximum atomic E-state index is 13.4. The maximum Gasteiger partial charge on any atom is 0.253 e. The summed E-state index contributed by atoms with van der Waals surface area (Å²) in [7, 11) is 0. The number of nitrogens with zero attached hydrogens (tertiary/aromatic N) is 2. The van der Waals surface area contributed by atoms with E-state index in [0.29, 0.717) is 36.8 Å². The minimum Gasteiger partial charge on any atom is -0.343 e. The van der Waals surface area contributed by atoms with Gasteiger partial charge in [-0.15, -0.1) is 11.3 Å². The lowest BCUT2D eigenvalue weighted by molar-refractivity contribution is -0.123. The fraction of sp³-hybridized carbons (Fsp3) is 0.250. The van der Waals surface area contributed by atoms with Crippen LogP contribution in [-0.2, 0) is 4.79 Å². The molecule has 32 heavy (non-hydrogen) atoms. The fourth-order valence-electron chi connectivity index (χ4n) is 3.72. The standard InChI is InChI=1S/C24H23ClFN3O2S/c25-19-7-3-18(4-8-19)24(31)29-13-11-28(12-14-29)16-22(30)27-23(21-2-1-15-32-21)17-5-9-20(26)10-6-17/h1-10,15,23H,11-14,16H2,(H,27,30). The van der Waals surface area contributed by atoms with Crippen molar-refractivity contribution in [1.82, 2.24) is 15.1 Å². The third-order valence-electron chi connectivity index (χ3n) is 5.45. The molecule has 0 saturated carbocycles. The highest BCUT2D eigenvalue weighted by molar-refractivity contribution is 7.10. The number of thiophene rings is 1. The van der Waals surface area contributed by atoms with Crippen molar-refractivity contribution in [2.75, 3.05) is 32.7 Å². The Balaban J connectivity index is 1.33. The molecular weight excluding hydrogens is 449 g/mol. The zero-order valence-electron chi connectivity index (χ0n) is 17.3. The molecule has 2 amide bonds. The molecule has 0 radical (unpaired) electrons. The normalized spacial score (nSPS) is 15.4. The van der Waals surface area contributed by atoms with Crippen molar-refractivity contribution >= 4 is 34.8 Å². The summed E-state index contributed by atoms with van der Waals surface area (Å²) in [6.45, 7) is 2.59. The summed E-state index contributed by atoms with van der Waals surface area (Å²) in [5.74, 6) is -0.443. The molecule has 8 heteroatoms. The van der Waals surface area contributed by atoms with Crippen LogP contribution in [0.3, 0.4) is 0 Å². The molecule has 166 valence electrons. The Hall–Kier alpha value is -2.74. The summed E-state index contributed by atoms with van der Waals surface area (Å²) in [5, 5.41) is 5.63. The van der Waals surface area contributed by atoms with Gasteiger partial charge in [0.1, 0.15) is 5.82 Å². The Bertz CT molecular complexity index is 1050. The molecule has 0 aliphatic carbocycles. The number of nitrogens with one attached hydrogen (secondary N) is 1. The molecule has 1 atom stereocenters. The Morgan fingerprint density at radius 1 is 1.00 bits per heavy atom. The zero-order valence-corrected chi connectivity index (χ0v) is 18.9. The van der Waals surface area contributed by atoms with Crippen LogP contribution < -0.4 is 5.32 Å². The Kier molecular flexibility index (Phi) is 7.19. The van der Waals surface area contributed by atoms with Crippen molar-refractivity contribution in [2.45, 2.75) is 6.04 Å². The third-order valence-corrected chi connectivity index (χ3v) is 6.64. The van der Waals surface area contributed by atoms with Crippen molar-refractivity contribution in [3.63, 3.8) is 0 Å². The molecule has 1 saturated heterocycles. The number of piperazine rings is 1. The number of hydrogen-bond acceptors (Lipinski definition) is 4. The van der Waals surface area contributed by atoms with Gasteiger partial charge in [0, 0.05) is 41.6 Å². The average molecular weight is 472 g/mol. The van der Waals surface area contributed by atoms with Crippen LogP contribution in [0.15, 0.2) is 66.0 Å². The van der Waals surface area contributed by atoms with E-state index in [1.54, 1.807) is 52.6 Å². The van der Waals surface area contributed by atoms with E-state index in [4.69, 9.17) is 11.6 Å². The zero-order chi connectivity index (χ0) is 22.5. The second kappa shape index (κ2) is 10.3. The van der Waals surface area contributed by atoms with Crippen molar-refractivity contribution in [3.8, 4) is 0 Å². The molecule has 3 aromatic rings. The lowest BCUT2D eigenvalue weighted by Gasteiger charge is -2.34. The van der Waals surface area contributed by atoms with Gasteiger partial charge >= 0.3 is 0 Å². The fourth-order valence-corrected chi connectivity index (χ4v) is 4.65. The number of amides is 2. The minimum atomic E-state index is -0.323. The van der Waals surface area contributed by atoms with E-state index in [-0.39, 0.29) is 30.2 Å². The Labute approximate surface area is 195 Å². The lowest BCUT2D eigenvalue weighted by Crippen LogP contribution is -2.51. The quantitative estimate of drug-likeness (QED) is 0.586. The van der Waals surface area contributed by atoms with Gasteiger partial charge in [-0.05, 0) is 53.4 Å². The van der Waals surface area contributed by atoms with Gasteiger partial charge in [-0.3, -0.25) is 14.5 Å². The van der Waals surface area contributed by atoms with E-state index >= 15 is 0 Å². The Morgan fingerprint density at radius 2 is 1.69 bits per heavy atom.